The van der Waals surface area contributed by atoms with Gasteiger partial charge < -0.3 is 4.98 Å². The molecule has 0 atom stereocenters. The van der Waals surface area contributed by atoms with Crippen molar-refractivity contribution in [1.29, 1.82) is 0 Å². The number of aromatic amines is 1. The summed E-state index contributed by atoms with van der Waals surface area (Å²) in [4.78, 5) is 24.9. The molecule has 0 unspecified atom stereocenters. The first kappa shape index (κ1) is 9.00. The normalized spacial score (nSPS) is 9.83. The third kappa shape index (κ3) is 1.56. The standard InChI is InChI=1S/C8H8ClNO2/c1-5(11)7-4-10-3-6(2-9)8(7)12/h3-4H,2H2,1H3,(H,10,12). The number of pyridine rings is 1. The quantitative estimate of drug-likeness (QED) is 0.558. The van der Waals surface area contributed by atoms with Crippen LogP contribution in [0.4, 0.5) is 0 Å². The molecule has 0 aliphatic carbocycles. The van der Waals surface area contributed by atoms with Crippen LogP contribution in [0.1, 0.15) is 22.8 Å². The van der Waals surface area contributed by atoms with E-state index in [1.165, 1.54) is 19.3 Å². The molecule has 0 spiro atoms. The van der Waals surface area contributed by atoms with Crippen LogP contribution in [0.15, 0.2) is 17.2 Å². The Labute approximate surface area is 74.4 Å². The molecule has 0 saturated carbocycles. The third-order valence-electron chi connectivity index (χ3n) is 1.54. The maximum Gasteiger partial charge on any atom is 0.196 e. The fraction of sp³-hybridized carbons (Fsp3) is 0.250. The van der Waals surface area contributed by atoms with Crippen LogP contribution in [0.3, 0.4) is 0 Å². The van der Waals surface area contributed by atoms with E-state index in [2.05, 4.69) is 4.98 Å². The maximum atomic E-state index is 11.3. The van der Waals surface area contributed by atoms with Crippen LogP contribution in [0.2, 0.25) is 0 Å². The molecule has 0 aliphatic rings. The molecule has 0 aromatic carbocycles. The van der Waals surface area contributed by atoms with E-state index >= 15 is 0 Å². The number of alkyl halides is 1. The minimum absolute atomic E-state index is 0.121. The van der Waals surface area contributed by atoms with Gasteiger partial charge in [-0.1, -0.05) is 0 Å². The number of nitrogens with one attached hydrogen (secondary N) is 1. The highest BCUT2D eigenvalue weighted by atomic mass is 35.5. The number of H-pyrrole nitrogens is 1. The van der Waals surface area contributed by atoms with E-state index < -0.39 is 0 Å². The number of carbonyl (C=O) groups excluding carboxylic acids is 1. The Balaban J connectivity index is 3.33. The summed E-state index contributed by atoms with van der Waals surface area (Å²) < 4.78 is 0. The van der Waals surface area contributed by atoms with Crippen LogP contribution in [-0.2, 0) is 5.88 Å². The molecule has 0 bridgehead atoms. The van der Waals surface area contributed by atoms with Crippen molar-refractivity contribution in [3.8, 4) is 0 Å². The van der Waals surface area contributed by atoms with Gasteiger partial charge in [0, 0.05) is 18.0 Å². The molecule has 1 aromatic heterocycles. The van der Waals surface area contributed by atoms with Crippen LogP contribution >= 0.6 is 11.6 Å². The van der Waals surface area contributed by atoms with Gasteiger partial charge in [-0.05, 0) is 6.92 Å². The Morgan fingerprint density at radius 3 is 2.75 bits per heavy atom. The summed E-state index contributed by atoms with van der Waals surface area (Å²) in [6, 6.07) is 0. The molecule has 1 aromatic rings. The molecule has 1 N–H and O–H groups in total. The number of Topliss-reactive ketones (excluding diaryl/α,β-unsaturated/α-hetero) is 1. The number of carbonyl (C=O) groups is 1. The lowest BCUT2D eigenvalue weighted by molar-refractivity contribution is 0.101. The number of hydrogen-bond donors (Lipinski definition) is 1. The lowest BCUT2D eigenvalue weighted by atomic mass is 10.1. The van der Waals surface area contributed by atoms with Gasteiger partial charge in [-0.15, -0.1) is 11.6 Å². The highest BCUT2D eigenvalue weighted by molar-refractivity contribution is 6.17. The Morgan fingerprint density at radius 1 is 1.58 bits per heavy atom. The fourth-order valence-corrected chi connectivity index (χ4v) is 1.09. The first-order valence-electron chi connectivity index (χ1n) is 3.43. The average Bonchev–Trinajstić information content (AvgIpc) is 2.04. The summed E-state index contributed by atoms with van der Waals surface area (Å²) in [7, 11) is 0. The van der Waals surface area contributed by atoms with Crippen LogP contribution in [-0.4, -0.2) is 10.8 Å². The Hall–Kier alpha value is -1.09. The van der Waals surface area contributed by atoms with Crippen molar-refractivity contribution in [2.75, 3.05) is 0 Å². The van der Waals surface area contributed by atoms with Crippen molar-refractivity contribution in [2.24, 2.45) is 0 Å². The van der Waals surface area contributed by atoms with Gasteiger partial charge in [0.05, 0.1) is 11.4 Å². The van der Waals surface area contributed by atoms with Crippen molar-refractivity contribution in [3.63, 3.8) is 0 Å². The molecule has 0 aliphatic heterocycles. The number of halogens is 1. The molecule has 0 fully saturated rings. The van der Waals surface area contributed by atoms with Gasteiger partial charge >= 0.3 is 0 Å². The molecule has 64 valence electrons. The summed E-state index contributed by atoms with van der Waals surface area (Å²) >= 11 is 5.48. The molecule has 0 radical (unpaired) electrons. The molecule has 3 nitrogen and oxygen atoms in total. The number of aromatic nitrogens is 1. The van der Waals surface area contributed by atoms with E-state index in [0.29, 0.717) is 5.56 Å². The number of rotatable bonds is 2. The summed E-state index contributed by atoms with van der Waals surface area (Å²) in [5.74, 6) is -0.126. The summed E-state index contributed by atoms with van der Waals surface area (Å²) in [6.07, 6.45) is 2.89. The van der Waals surface area contributed by atoms with Crippen molar-refractivity contribution < 1.29 is 4.79 Å². The summed E-state index contributed by atoms with van der Waals surface area (Å²) in [6.45, 7) is 1.35. The minimum atomic E-state index is -0.281. The predicted octanol–water partition coefficient (Wildman–Crippen LogP) is 1.32. The van der Waals surface area contributed by atoms with Crippen LogP contribution in [0.25, 0.3) is 0 Å². The van der Waals surface area contributed by atoms with Crippen LogP contribution in [0.5, 0.6) is 0 Å². The van der Waals surface area contributed by atoms with Crippen LogP contribution in [0, 0.1) is 0 Å². The van der Waals surface area contributed by atoms with E-state index in [1.54, 1.807) is 0 Å². The van der Waals surface area contributed by atoms with Gasteiger partial charge in [0.15, 0.2) is 11.2 Å². The number of hydrogen-bond acceptors (Lipinski definition) is 2. The second-order valence-corrected chi connectivity index (χ2v) is 2.68. The van der Waals surface area contributed by atoms with Crippen molar-refractivity contribution in [3.05, 3.63) is 33.7 Å². The van der Waals surface area contributed by atoms with E-state index in [9.17, 15) is 9.59 Å². The molecule has 1 heterocycles. The fourth-order valence-electron chi connectivity index (χ4n) is 0.890. The molecule has 12 heavy (non-hydrogen) atoms. The largest absolute Gasteiger partial charge is 0.366 e. The Bertz CT molecular complexity index is 356. The predicted molar refractivity (Wildman–Crippen MR) is 46.6 cm³/mol. The van der Waals surface area contributed by atoms with Gasteiger partial charge in [0.2, 0.25) is 0 Å². The summed E-state index contributed by atoms with van der Waals surface area (Å²) in [5.41, 5.74) is 0.300. The van der Waals surface area contributed by atoms with Crippen molar-refractivity contribution >= 4 is 17.4 Å². The van der Waals surface area contributed by atoms with Gasteiger partial charge in [-0.3, -0.25) is 9.59 Å². The molecular weight excluding hydrogens is 178 g/mol. The number of ketones is 1. The topological polar surface area (TPSA) is 49.9 Å². The minimum Gasteiger partial charge on any atom is -0.366 e. The lowest BCUT2D eigenvalue weighted by Gasteiger charge is -1.96. The van der Waals surface area contributed by atoms with E-state index in [4.69, 9.17) is 11.6 Å². The molecule has 4 heteroatoms. The first-order valence-corrected chi connectivity index (χ1v) is 3.97. The van der Waals surface area contributed by atoms with Crippen molar-refractivity contribution in [2.45, 2.75) is 12.8 Å². The maximum absolute atomic E-state index is 11.3. The second kappa shape index (κ2) is 3.54. The highest BCUT2D eigenvalue weighted by Crippen LogP contribution is 1.98. The summed E-state index contributed by atoms with van der Waals surface area (Å²) in [5, 5.41) is 0. The van der Waals surface area contributed by atoms with E-state index in [1.807, 2.05) is 0 Å². The monoisotopic (exact) mass is 185 g/mol. The second-order valence-electron chi connectivity index (χ2n) is 2.41. The molecule has 1 rings (SSSR count). The van der Waals surface area contributed by atoms with Crippen molar-refractivity contribution in [1.82, 2.24) is 4.98 Å². The van der Waals surface area contributed by atoms with Gasteiger partial charge in [-0.25, -0.2) is 0 Å². The van der Waals surface area contributed by atoms with Gasteiger partial charge in [0.1, 0.15) is 0 Å². The van der Waals surface area contributed by atoms with Gasteiger partial charge in [-0.2, -0.15) is 0 Å². The zero-order valence-corrected chi connectivity index (χ0v) is 7.31. The third-order valence-corrected chi connectivity index (χ3v) is 1.83. The zero-order chi connectivity index (χ0) is 9.14. The molecule has 0 saturated heterocycles. The highest BCUT2D eigenvalue weighted by Gasteiger charge is 2.07. The average molecular weight is 186 g/mol. The molecular formula is C8H8ClNO2. The van der Waals surface area contributed by atoms with Gasteiger partial charge in [0.25, 0.3) is 0 Å². The van der Waals surface area contributed by atoms with Crippen LogP contribution < -0.4 is 5.43 Å². The Morgan fingerprint density at radius 2 is 2.25 bits per heavy atom. The SMILES string of the molecule is CC(=O)c1c[nH]cc(CCl)c1=O. The zero-order valence-electron chi connectivity index (χ0n) is 6.56. The van der Waals surface area contributed by atoms with E-state index in [-0.39, 0.29) is 22.7 Å². The molecule has 0 amide bonds. The Kier molecular flexibility index (Phi) is 2.65. The first-order chi connectivity index (χ1) is 5.66. The van der Waals surface area contributed by atoms with E-state index in [0.717, 1.165) is 0 Å². The smallest absolute Gasteiger partial charge is 0.196 e. The lowest BCUT2D eigenvalue weighted by Crippen LogP contribution is -2.16.